The van der Waals surface area contributed by atoms with Gasteiger partial charge in [-0.05, 0) is 58.2 Å². The Bertz CT molecular complexity index is 612. The number of hydrogen-bond acceptors (Lipinski definition) is 5. The van der Waals surface area contributed by atoms with Gasteiger partial charge in [-0.25, -0.2) is 4.79 Å². The molecule has 5 heteroatoms. The molecule has 0 atom stereocenters. The Morgan fingerprint density at radius 3 is 2.17 bits per heavy atom. The molecule has 0 bridgehead atoms. The van der Waals surface area contributed by atoms with Crippen molar-refractivity contribution in [2.75, 3.05) is 36.8 Å². The Morgan fingerprint density at radius 1 is 1.09 bits per heavy atom. The van der Waals surface area contributed by atoms with Crippen LogP contribution in [-0.4, -0.2) is 37.7 Å². The average Bonchev–Trinajstić information content (AvgIpc) is 2.44. The summed E-state index contributed by atoms with van der Waals surface area (Å²) in [6.45, 7) is 15.3. The molecule has 0 aliphatic carbocycles. The van der Waals surface area contributed by atoms with E-state index in [1.54, 1.807) is 0 Å². The van der Waals surface area contributed by atoms with Crippen LogP contribution in [0, 0.1) is 20.8 Å². The fraction of sp³-hybridized carbons (Fsp3) is 0.611. The molecule has 0 unspecified atom stereocenters. The predicted molar refractivity (Wildman–Crippen MR) is 95.3 cm³/mol. The van der Waals surface area contributed by atoms with Gasteiger partial charge in [-0.2, -0.15) is 0 Å². The SMILES string of the molecule is Cc1c(N)c(C)c(N2CCNCC2)c(C)c1C(=O)OC(C)(C)C. The second kappa shape index (κ2) is 6.40. The molecule has 0 amide bonds. The molecule has 23 heavy (non-hydrogen) atoms. The largest absolute Gasteiger partial charge is 0.456 e. The zero-order valence-corrected chi connectivity index (χ0v) is 15.2. The van der Waals surface area contributed by atoms with Gasteiger partial charge in [0.25, 0.3) is 0 Å². The predicted octanol–water partition coefficient (Wildman–Crippen LogP) is 2.56. The van der Waals surface area contributed by atoms with Crippen molar-refractivity contribution < 1.29 is 9.53 Å². The maximum absolute atomic E-state index is 12.7. The summed E-state index contributed by atoms with van der Waals surface area (Å²) < 4.78 is 5.60. The number of anilines is 2. The van der Waals surface area contributed by atoms with E-state index in [0.717, 1.165) is 48.6 Å². The normalized spacial score (nSPS) is 15.7. The third kappa shape index (κ3) is 3.61. The van der Waals surface area contributed by atoms with Crippen LogP contribution in [0.2, 0.25) is 0 Å². The molecule has 2 rings (SSSR count). The van der Waals surface area contributed by atoms with Gasteiger partial charge in [-0.3, -0.25) is 0 Å². The summed E-state index contributed by atoms with van der Waals surface area (Å²) in [5.41, 5.74) is 11.0. The van der Waals surface area contributed by atoms with Crippen LogP contribution in [0.3, 0.4) is 0 Å². The van der Waals surface area contributed by atoms with E-state index in [2.05, 4.69) is 10.2 Å². The molecule has 3 N–H and O–H groups in total. The second-order valence-corrected chi connectivity index (χ2v) is 7.25. The highest BCUT2D eigenvalue weighted by Gasteiger charge is 2.27. The smallest absolute Gasteiger partial charge is 0.339 e. The summed E-state index contributed by atoms with van der Waals surface area (Å²) in [6.07, 6.45) is 0. The standard InChI is InChI=1S/C18H29N3O2/c1-11-14(17(22)23-18(4,5)6)12(2)16(13(3)15(11)19)21-9-7-20-8-10-21/h20H,7-10,19H2,1-6H3. The number of rotatable bonds is 2. The lowest BCUT2D eigenvalue weighted by atomic mass is 9.93. The van der Waals surface area contributed by atoms with Crippen molar-refractivity contribution in [2.24, 2.45) is 0 Å². The van der Waals surface area contributed by atoms with E-state index in [1.165, 1.54) is 0 Å². The molecule has 1 fully saturated rings. The first kappa shape index (κ1) is 17.6. The molecule has 0 aromatic heterocycles. The lowest BCUT2D eigenvalue weighted by Gasteiger charge is -2.34. The number of esters is 1. The lowest BCUT2D eigenvalue weighted by molar-refractivity contribution is 0.00681. The molecule has 0 radical (unpaired) electrons. The van der Waals surface area contributed by atoms with Crippen LogP contribution in [-0.2, 0) is 4.74 Å². The maximum atomic E-state index is 12.7. The minimum atomic E-state index is -0.523. The Labute approximate surface area is 139 Å². The fourth-order valence-corrected chi connectivity index (χ4v) is 3.22. The van der Waals surface area contributed by atoms with Crippen LogP contribution in [0.25, 0.3) is 0 Å². The number of nitrogen functional groups attached to an aromatic ring is 1. The van der Waals surface area contributed by atoms with Crippen LogP contribution in [0.1, 0.15) is 47.8 Å². The molecule has 1 saturated heterocycles. The number of nitrogens with zero attached hydrogens (tertiary/aromatic N) is 1. The Balaban J connectivity index is 2.54. The summed E-state index contributed by atoms with van der Waals surface area (Å²) in [6, 6.07) is 0. The Hall–Kier alpha value is -1.75. The summed E-state index contributed by atoms with van der Waals surface area (Å²) in [5, 5.41) is 3.35. The van der Waals surface area contributed by atoms with Gasteiger partial charge >= 0.3 is 5.97 Å². The van der Waals surface area contributed by atoms with Crippen LogP contribution in [0.5, 0.6) is 0 Å². The first-order chi connectivity index (χ1) is 10.6. The lowest BCUT2D eigenvalue weighted by Crippen LogP contribution is -2.44. The van der Waals surface area contributed by atoms with Crippen molar-refractivity contribution in [3.8, 4) is 0 Å². The van der Waals surface area contributed by atoms with Gasteiger partial charge in [0.1, 0.15) is 5.60 Å². The third-order valence-corrected chi connectivity index (χ3v) is 4.30. The molecule has 0 spiro atoms. The number of benzene rings is 1. The van der Waals surface area contributed by atoms with E-state index < -0.39 is 5.60 Å². The number of nitrogens with two attached hydrogens (primary N) is 1. The van der Waals surface area contributed by atoms with Crippen molar-refractivity contribution in [1.82, 2.24) is 5.32 Å². The van der Waals surface area contributed by atoms with Crippen LogP contribution < -0.4 is 16.0 Å². The van der Waals surface area contributed by atoms with Gasteiger partial charge in [-0.15, -0.1) is 0 Å². The molecule has 0 saturated carbocycles. The van der Waals surface area contributed by atoms with E-state index in [0.29, 0.717) is 11.3 Å². The van der Waals surface area contributed by atoms with Gasteiger partial charge in [0.15, 0.2) is 0 Å². The quantitative estimate of drug-likeness (QED) is 0.648. The summed E-state index contributed by atoms with van der Waals surface area (Å²) in [4.78, 5) is 15.0. The molecule has 1 aromatic rings. The molecule has 1 heterocycles. The minimum absolute atomic E-state index is 0.296. The molecule has 128 valence electrons. The number of carbonyl (C=O) groups is 1. The zero-order valence-electron chi connectivity index (χ0n) is 15.2. The maximum Gasteiger partial charge on any atom is 0.339 e. The van der Waals surface area contributed by atoms with E-state index in [9.17, 15) is 4.79 Å². The number of ether oxygens (including phenoxy) is 1. The average molecular weight is 319 g/mol. The molecule has 1 aliphatic rings. The third-order valence-electron chi connectivity index (χ3n) is 4.30. The van der Waals surface area contributed by atoms with E-state index >= 15 is 0 Å². The van der Waals surface area contributed by atoms with Crippen LogP contribution in [0.15, 0.2) is 0 Å². The number of nitrogens with one attached hydrogen (secondary N) is 1. The number of hydrogen-bond donors (Lipinski definition) is 2. The second-order valence-electron chi connectivity index (χ2n) is 7.25. The van der Waals surface area contributed by atoms with Gasteiger partial charge in [0.05, 0.1) is 5.56 Å². The van der Waals surface area contributed by atoms with E-state index in [4.69, 9.17) is 10.5 Å². The highest BCUT2D eigenvalue weighted by atomic mass is 16.6. The van der Waals surface area contributed by atoms with Gasteiger partial charge in [0, 0.05) is 37.6 Å². The summed E-state index contributed by atoms with van der Waals surface area (Å²) in [5.74, 6) is -0.296. The molecular weight excluding hydrogens is 290 g/mol. The Morgan fingerprint density at radius 2 is 1.65 bits per heavy atom. The summed E-state index contributed by atoms with van der Waals surface area (Å²) in [7, 11) is 0. The van der Waals surface area contributed by atoms with Crippen molar-refractivity contribution in [3.63, 3.8) is 0 Å². The van der Waals surface area contributed by atoms with E-state index in [-0.39, 0.29) is 5.97 Å². The highest BCUT2D eigenvalue weighted by Crippen LogP contribution is 2.36. The zero-order chi connectivity index (χ0) is 17.4. The molecule has 1 aliphatic heterocycles. The first-order valence-corrected chi connectivity index (χ1v) is 8.21. The fourth-order valence-electron chi connectivity index (χ4n) is 3.22. The molecular formula is C18H29N3O2. The Kier molecular flexibility index (Phi) is 4.90. The summed E-state index contributed by atoms with van der Waals surface area (Å²) >= 11 is 0. The van der Waals surface area contributed by atoms with E-state index in [1.807, 2.05) is 41.5 Å². The molecule has 1 aromatic carbocycles. The van der Waals surface area contributed by atoms with Crippen LogP contribution in [0.4, 0.5) is 11.4 Å². The van der Waals surface area contributed by atoms with Gasteiger partial charge in [0.2, 0.25) is 0 Å². The number of carbonyl (C=O) groups excluding carboxylic acids is 1. The van der Waals surface area contributed by atoms with Crippen molar-refractivity contribution >= 4 is 17.3 Å². The monoisotopic (exact) mass is 319 g/mol. The van der Waals surface area contributed by atoms with Crippen molar-refractivity contribution in [3.05, 3.63) is 22.3 Å². The highest BCUT2D eigenvalue weighted by molar-refractivity contribution is 5.97. The minimum Gasteiger partial charge on any atom is -0.456 e. The van der Waals surface area contributed by atoms with Gasteiger partial charge < -0.3 is 20.7 Å². The first-order valence-electron chi connectivity index (χ1n) is 8.21. The number of piperazine rings is 1. The van der Waals surface area contributed by atoms with Crippen molar-refractivity contribution in [2.45, 2.75) is 47.1 Å². The van der Waals surface area contributed by atoms with Crippen molar-refractivity contribution in [1.29, 1.82) is 0 Å². The topological polar surface area (TPSA) is 67.6 Å². The van der Waals surface area contributed by atoms with Crippen LogP contribution >= 0.6 is 0 Å². The molecule has 5 nitrogen and oxygen atoms in total. The van der Waals surface area contributed by atoms with Gasteiger partial charge in [-0.1, -0.05) is 0 Å².